The van der Waals surface area contributed by atoms with Crippen LogP contribution in [-0.4, -0.2) is 103 Å². The molecule has 6 rings (SSSR count). The molecule has 0 aromatic carbocycles. The third-order valence-corrected chi connectivity index (χ3v) is 8.83. The summed E-state index contributed by atoms with van der Waals surface area (Å²) in [5.41, 5.74) is 4.36. The van der Waals surface area contributed by atoms with Gasteiger partial charge in [-0.2, -0.15) is 13.9 Å². The van der Waals surface area contributed by atoms with E-state index in [0.717, 1.165) is 41.9 Å². The highest BCUT2D eigenvalue weighted by atomic mass is 19.3. The Morgan fingerprint density at radius 2 is 1.95 bits per heavy atom. The van der Waals surface area contributed by atoms with Gasteiger partial charge in [-0.1, -0.05) is 18.2 Å². The van der Waals surface area contributed by atoms with E-state index in [4.69, 9.17) is 14.2 Å². The number of likely N-dealkylation sites (tertiary alicyclic amines) is 1. The Hall–Kier alpha value is -3.02. The number of allylic oxidation sites excluding steroid dienone is 3. The second-order valence-corrected chi connectivity index (χ2v) is 11.7. The Bertz CT molecular complexity index is 1280. The fourth-order valence-corrected chi connectivity index (χ4v) is 6.32. The van der Waals surface area contributed by atoms with Gasteiger partial charge in [0.05, 0.1) is 30.5 Å². The third-order valence-electron chi connectivity index (χ3n) is 8.83. The number of halogens is 2. The minimum absolute atomic E-state index is 0.0725. The fraction of sp³-hybridized carbons (Fsp3) is 0.600. The Morgan fingerprint density at radius 3 is 2.61 bits per heavy atom. The van der Waals surface area contributed by atoms with Crippen LogP contribution in [0.15, 0.2) is 48.3 Å². The molecule has 3 aliphatic heterocycles. The maximum absolute atomic E-state index is 13.2. The van der Waals surface area contributed by atoms with Gasteiger partial charge in [-0.15, -0.1) is 0 Å². The molecule has 222 valence electrons. The van der Waals surface area contributed by atoms with Crippen molar-refractivity contribution in [1.82, 2.24) is 19.4 Å². The number of anilines is 1. The number of amides is 1. The fourth-order valence-electron chi connectivity index (χ4n) is 6.32. The first kappa shape index (κ1) is 28.1. The van der Waals surface area contributed by atoms with E-state index >= 15 is 0 Å². The molecule has 1 aliphatic carbocycles. The number of piperazine rings is 1. The molecular weight excluding hydrogens is 532 g/mol. The maximum atomic E-state index is 13.2. The van der Waals surface area contributed by atoms with Crippen molar-refractivity contribution in [2.75, 3.05) is 57.4 Å². The molecular formula is C30H39F2N5O4. The average Bonchev–Trinajstić information content (AvgIpc) is 3.39. The number of hydrogen-bond acceptors (Lipinski definition) is 7. The smallest absolute Gasteiger partial charge is 0.410 e. The number of rotatable bonds is 7. The van der Waals surface area contributed by atoms with Crippen LogP contribution < -0.4 is 4.90 Å². The molecule has 3 fully saturated rings. The summed E-state index contributed by atoms with van der Waals surface area (Å²) in [7, 11) is 0. The second kappa shape index (κ2) is 12.1. The maximum Gasteiger partial charge on any atom is 0.410 e. The first-order chi connectivity index (χ1) is 19.9. The molecule has 3 atom stereocenters. The molecule has 0 saturated carbocycles. The van der Waals surface area contributed by atoms with Crippen LogP contribution in [-0.2, 0) is 14.2 Å². The van der Waals surface area contributed by atoms with Crippen molar-refractivity contribution in [3.63, 3.8) is 0 Å². The van der Waals surface area contributed by atoms with Crippen LogP contribution in [0.3, 0.4) is 0 Å². The molecule has 0 radical (unpaired) electrons. The Balaban J connectivity index is 1.12. The Morgan fingerprint density at radius 1 is 1.15 bits per heavy atom. The first-order valence-electron chi connectivity index (χ1n) is 14.7. The van der Waals surface area contributed by atoms with E-state index < -0.39 is 12.7 Å². The largest absolute Gasteiger partial charge is 0.441 e. The molecule has 1 unspecified atom stereocenters. The van der Waals surface area contributed by atoms with E-state index in [9.17, 15) is 13.6 Å². The summed E-state index contributed by atoms with van der Waals surface area (Å²) in [5.74, 6) is 0.103. The number of carbonyl (C=O) groups excluding carboxylic acids is 1. The zero-order valence-electron chi connectivity index (χ0n) is 23.7. The van der Waals surface area contributed by atoms with Gasteiger partial charge in [0.15, 0.2) is 6.10 Å². The van der Waals surface area contributed by atoms with Crippen molar-refractivity contribution >= 4 is 17.3 Å². The molecule has 2 aromatic rings. The lowest BCUT2D eigenvalue weighted by atomic mass is 9.82. The highest BCUT2D eigenvalue weighted by Gasteiger charge is 2.35. The molecule has 1 amide bonds. The van der Waals surface area contributed by atoms with Gasteiger partial charge in [0.2, 0.25) is 0 Å². The summed E-state index contributed by atoms with van der Waals surface area (Å²) in [6, 6.07) is 4.58. The summed E-state index contributed by atoms with van der Waals surface area (Å²) in [5, 5.41) is 4.56. The molecule has 11 heteroatoms. The number of ether oxygens (including phenoxy) is 3. The molecule has 41 heavy (non-hydrogen) atoms. The minimum atomic E-state index is -2.76. The van der Waals surface area contributed by atoms with Crippen molar-refractivity contribution in [1.29, 1.82) is 0 Å². The normalized spacial score (nSPS) is 26.1. The number of fused-ring (bicyclic) bond motifs is 1. The summed E-state index contributed by atoms with van der Waals surface area (Å²) in [6.45, 7) is 6.60. The van der Waals surface area contributed by atoms with Gasteiger partial charge in [0.25, 0.3) is 0 Å². The van der Waals surface area contributed by atoms with Gasteiger partial charge in [0, 0.05) is 69.5 Å². The van der Waals surface area contributed by atoms with Crippen LogP contribution in [0.2, 0.25) is 0 Å². The van der Waals surface area contributed by atoms with Crippen molar-refractivity contribution in [3.05, 3.63) is 53.9 Å². The van der Waals surface area contributed by atoms with E-state index in [-0.39, 0.29) is 24.0 Å². The molecule has 2 aromatic heterocycles. The molecule has 4 aliphatic rings. The lowest BCUT2D eigenvalue weighted by Crippen LogP contribution is -2.51. The number of aromatic nitrogens is 2. The zero-order chi connectivity index (χ0) is 28.5. The predicted octanol–water partition coefficient (Wildman–Crippen LogP) is 4.30. The van der Waals surface area contributed by atoms with Crippen molar-refractivity contribution in [2.24, 2.45) is 5.92 Å². The lowest BCUT2D eigenvalue weighted by molar-refractivity contribution is -0.184. The van der Waals surface area contributed by atoms with Crippen LogP contribution in [0, 0.1) is 5.92 Å². The SMILES string of the molecule is CC(C)N1CC[C@@H](OC(F)F)[C@H](C2=CCC(c3cc4c(N5CCN(C(=O)OC6COC6)CC5)ccnn4c3)C=C2)C1. The molecule has 3 saturated heterocycles. The molecule has 0 bridgehead atoms. The second-order valence-electron chi connectivity index (χ2n) is 11.7. The summed E-state index contributed by atoms with van der Waals surface area (Å²) in [4.78, 5) is 18.8. The Kier molecular flexibility index (Phi) is 8.28. The highest BCUT2D eigenvalue weighted by Crippen LogP contribution is 2.36. The topological polar surface area (TPSA) is 71.8 Å². The quantitative estimate of drug-likeness (QED) is 0.491. The van der Waals surface area contributed by atoms with Gasteiger partial charge < -0.3 is 28.9 Å². The number of hydrogen-bond donors (Lipinski definition) is 0. The van der Waals surface area contributed by atoms with E-state index in [0.29, 0.717) is 51.9 Å². The number of nitrogens with zero attached hydrogens (tertiary/aromatic N) is 5. The van der Waals surface area contributed by atoms with Crippen LogP contribution in [0.1, 0.15) is 38.2 Å². The monoisotopic (exact) mass is 571 g/mol. The number of alkyl halides is 2. The van der Waals surface area contributed by atoms with Gasteiger partial charge in [0.1, 0.15) is 0 Å². The molecule has 0 N–H and O–H groups in total. The molecule has 9 nitrogen and oxygen atoms in total. The number of carbonyl (C=O) groups is 1. The number of piperidine rings is 1. The van der Waals surface area contributed by atoms with Crippen LogP contribution in [0.25, 0.3) is 5.52 Å². The van der Waals surface area contributed by atoms with E-state index in [1.165, 1.54) is 0 Å². The summed E-state index contributed by atoms with van der Waals surface area (Å²) >= 11 is 0. The minimum Gasteiger partial charge on any atom is -0.441 e. The van der Waals surface area contributed by atoms with Gasteiger partial charge >= 0.3 is 12.7 Å². The third kappa shape index (κ3) is 6.12. The van der Waals surface area contributed by atoms with Crippen LogP contribution in [0.5, 0.6) is 0 Å². The summed E-state index contributed by atoms with van der Waals surface area (Å²) < 4.78 is 43.9. The van der Waals surface area contributed by atoms with Crippen molar-refractivity contribution < 1.29 is 27.8 Å². The molecule has 5 heterocycles. The van der Waals surface area contributed by atoms with Crippen molar-refractivity contribution in [2.45, 2.75) is 57.5 Å². The zero-order valence-corrected chi connectivity index (χ0v) is 23.7. The van der Waals surface area contributed by atoms with Gasteiger partial charge in [-0.3, -0.25) is 0 Å². The van der Waals surface area contributed by atoms with Gasteiger partial charge in [-0.05, 0) is 50.0 Å². The van der Waals surface area contributed by atoms with E-state index in [1.807, 2.05) is 16.8 Å². The average molecular weight is 572 g/mol. The van der Waals surface area contributed by atoms with E-state index in [1.54, 1.807) is 4.90 Å². The molecule has 0 spiro atoms. The predicted molar refractivity (Wildman–Crippen MR) is 150 cm³/mol. The summed E-state index contributed by atoms with van der Waals surface area (Å²) in [6.07, 6.45) is 10.9. The van der Waals surface area contributed by atoms with Crippen LogP contribution >= 0.6 is 0 Å². The first-order valence-corrected chi connectivity index (χ1v) is 14.7. The lowest BCUT2D eigenvalue weighted by Gasteiger charge is -2.41. The van der Waals surface area contributed by atoms with Crippen LogP contribution in [0.4, 0.5) is 19.3 Å². The van der Waals surface area contributed by atoms with Crippen molar-refractivity contribution in [3.8, 4) is 0 Å². The van der Waals surface area contributed by atoms with E-state index in [2.05, 4.69) is 59.2 Å². The standard InChI is InChI=1S/C30H39F2N5O4/c1-20(2)36-10-8-28(41-29(31)32)25(17-36)22-5-3-21(4-6-22)23-15-27-26(7-9-33-37(27)16-23)34-11-13-35(14-12-34)30(38)40-24-18-39-19-24/h3,5-7,9,15-16,20-21,24-25,28-29H,4,8,10-14,17-19H2,1-2H3/t21?,25-,28+/m0/s1. The highest BCUT2D eigenvalue weighted by molar-refractivity contribution is 5.75. The Labute approximate surface area is 239 Å². The van der Waals surface area contributed by atoms with Gasteiger partial charge in [-0.25, -0.2) is 9.31 Å².